The first kappa shape index (κ1) is 9.50. The van der Waals surface area contributed by atoms with Crippen molar-refractivity contribution in [2.45, 2.75) is 12.5 Å². The van der Waals surface area contributed by atoms with E-state index in [-0.39, 0.29) is 18.4 Å². The highest BCUT2D eigenvalue weighted by molar-refractivity contribution is 6.32. The van der Waals surface area contributed by atoms with Gasteiger partial charge in [-0.2, -0.15) is 0 Å². The number of ether oxygens (including phenoxy) is 1. The molecule has 1 rings (SSSR count). The Hall–Kier alpha value is -1.59. The van der Waals surface area contributed by atoms with Crippen LogP contribution in [0.3, 0.4) is 0 Å². The smallest absolute Gasteiger partial charge is 0.396 e. The van der Waals surface area contributed by atoms with Crippen LogP contribution in [0.5, 0.6) is 0 Å². The van der Waals surface area contributed by atoms with Crippen molar-refractivity contribution in [2.75, 3.05) is 13.7 Å². The highest BCUT2D eigenvalue weighted by atomic mass is 16.5. The number of hydrogen-bond donors (Lipinski definition) is 2. The van der Waals surface area contributed by atoms with Gasteiger partial charge in [0.25, 0.3) is 0 Å². The predicted molar refractivity (Wildman–Crippen MR) is 41.6 cm³/mol. The molecule has 0 radical (unpaired) electrons. The molecular formula is C7H10N2O4. The molecule has 72 valence electrons. The van der Waals surface area contributed by atoms with E-state index < -0.39 is 11.9 Å². The molecule has 0 aromatic rings. The molecule has 1 fully saturated rings. The molecule has 6 nitrogen and oxygen atoms in total. The number of carbonyl (C=O) groups is 3. The average Bonchev–Trinajstić information content (AvgIpc) is 2.49. The Balaban J connectivity index is 2.37. The lowest BCUT2D eigenvalue weighted by atomic mass is 10.2. The van der Waals surface area contributed by atoms with Gasteiger partial charge in [0.15, 0.2) is 0 Å². The maximum atomic E-state index is 10.9. The summed E-state index contributed by atoms with van der Waals surface area (Å²) in [6.45, 7) is 0.363. The summed E-state index contributed by atoms with van der Waals surface area (Å²) in [5, 5.41) is 4.89. The molecule has 0 aromatic carbocycles. The van der Waals surface area contributed by atoms with E-state index in [1.807, 2.05) is 0 Å². The molecule has 1 atom stereocenters. The van der Waals surface area contributed by atoms with E-state index in [4.69, 9.17) is 0 Å². The summed E-state index contributed by atoms with van der Waals surface area (Å²) in [5.74, 6) is -1.89. The van der Waals surface area contributed by atoms with Crippen molar-refractivity contribution in [1.82, 2.24) is 10.6 Å². The molecule has 1 unspecified atom stereocenters. The fraction of sp³-hybridized carbons (Fsp3) is 0.571. The zero-order valence-electron chi connectivity index (χ0n) is 7.12. The first-order valence-electron chi connectivity index (χ1n) is 3.79. The minimum absolute atomic E-state index is 0.129. The summed E-state index contributed by atoms with van der Waals surface area (Å²) in [4.78, 5) is 32.2. The van der Waals surface area contributed by atoms with E-state index in [9.17, 15) is 14.4 Å². The summed E-state index contributed by atoms with van der Waals surface area (Å²) in [6, 6.07) is -0.306. The normalized spacial score (nSPS) is 20.7. The summed E-state index contributed by atoms with van der Waals surface area (Å²) in [7, 11) is 1.12. The summed E-state index contributed by atoms with van der Waals surface area (Å²) < 4.78 is 4.19. The van der Waals surface area contributed by atoms with Crippen LogP contribution in [0.4, 0.5) is 0 Å². The van der Waals surface area contributed by atoms with Gasteiger partial charge in [0.1, 0.15) is 0 Å². The third kappa shape index (κ3) is 2.43. The van der Waals surface area contributed by atoms with Gasteiger partial charge in [-0.1, -0.05) is 0 Å². The standard InChI is InChI=1S/C7H10N2O4/c1-13-7(12)6(11)9-4-2-5(10)8-3-4/h4H,2-3H2,1H3,(H,8,10)(H,9,11). The third-order valence-electron chi connectivity index (χ3n) is 1.68. The highest BCUT2D eigenvalue weighted by Gasteiger charge is 2.25. The van der Waals surface area contributed by atoms with Gasteiger partial charge in [0.05, 0.1) is 13.2 Å². The van der Waals surface area contributed by atoms with Gasteiger partial charge < -0.3 is 15.4 Å². The SMILES string of the molecule is COC(=O)C(=O)NC1CNC(=O)C1. The van der Waals surface area contributed by atoms with E-state index in [0.717, 1.165) is 7.11 Å². The average molecular weight is 186 g/mol. The van der Waals surface area contributed by atoms with Gasteiger partial charge in [-0.15, -0.1) is 0 Å². The molecule has 1 saturated heterocycles. The molecule has 0 spiro atoms. The van der Waals surface area contributed by atoms with Crippen LogP contribution in [0.25, 0.3) is 0 Å². The Morgan fingerprint density at radius 2 is 2.31 bits per heavy atom. The lowest BCUT2D eigenvalue weighted by Crippen LogP contribution is -2.40. The number of carbonyl (C=O) groups excluding carboxylic acids is 3. The Bertz CT molecular complexity index is 251. The van der Waals surface area contributed by atoms with Crippen molar-refractivity contribution in [2.24, 2.45) is 0 Å². The van der Waals surface area contributed by atoms with Crippen molar-refractivity contribution in [3.05, 3.63) is 0 Å². The molecule has 0 bridgehead atoms. The molecule has 13 heavy (non-hydrogen) atoms. The zero-order valence-corrected chi connectivity index (χ0v) is 7.12. The highest BCUT2D eigenvalue weighted by Crippen LogP contribution is 1.98. The first-order valence-corrected chi connectivity index (χ1v) is 3.79. The van der Waals surface area contributed by atoms with Crippen LogP contribution in [-0.4, -0.2) is 37.5 Å². The predicted octanol–water partition coefficient (Wildman–Crippen LogP) is -1.84. The van der Waals surface area contributed by atoms with Gasteiger partial charge in [0.2, 0.25) is 5.91 Å². The topological polar surface area (TPSA) is 84.5 Å². The van der Waals surface area contributed by atoms with E-state index in [0.29, 0.717) is 6.54 Å². The third-order valence-corrected chi connectivity index (χ3v) is 1.68. The lowest BCUT2D eigenvalue weighted by molar-refractivity contribution is -0.153. The molecular weight excluding hydrogens is 176 g/mol. The van der Waals surface area contributed by atoms with Crippen LogP contribution in [-0.2, 0) is 19.1 Å². The Kier molecular flexibility index (Phi) is 2.84. The summed E-state index contributed by atoms with van der Waals surface area (Å²) >= 11 is 0. The minimum Gasteiger partial charge on any atom is -0.462 e. The number of hydrogen-bond acceptors (Lipinski definition) is 4. The maximum Gasteiger partial charge on any atom is 0.396 e. The van der Waals surface area contributed by atoms with Crippen LogP contribution in [0.15, 0.2) is 0 Å². The van der Waals surface area contributed by atoms with E-state index in [1.165, 1.54) is 0 Å². The summed E-state index contributed by atoms with van der Waals surface area (Å²) in [5.41, 5.74) is 0. The second-order valence-corrected chi connectivity index (χ2v) is 2.67. The molecule has 1 aliphatic rings. The van der Waals surface area contributed by atoms with Gasteiger partial charge in [-0.3, -0.25) is 9.59 Å². The number of nitrogens with one attached hydrogen (secondary N) is 2. The van der Waals surface area contributed by atoms with Crippen molar-refractivity contribution >= 4 is 17.8 Å². The Morgan fingerprint density at radius 3 is 2.77 bits per heavy atom. The minimum atomic E-state index is -0.945. The maximum absolute atomic E-state index is 10.9. The number of rotatable bonds is 1. The van der Waals surface area contributed by atoms with Gasteiger partial charge in [0, 0.05) is 13.0 Å². The number of esters is 1. The lowest BCUT2D eigenvalue weighted by Gasteiger charge is -2.07. The molecule has 1 heterocycles. The first-order chi connectivity index (χ1) is 6.13. The van der Waals surface area contributed by atoms with Crippen molar-refractivity contribution in [3.8, 4) is 0 Å². The molecule has 0 saturated carbocycles. The second kappa shape index (κ2) is 3.88. The van der Waals surface area contributed by atoms with Gasteiger partial charge in [-0.05, 0) is 0 Å². The molecule has 0 aliphatic carbocycles. The molecule has 6 heteroatoms. The fourth-order valence-electron chi connectivity index (χ4n) is 1.04. The Labute approximate surface area is 74.6 Å². The second-order valence-electron chi connectivity index (χ2n) is 2.67. The zero-order chi connectivity index (χ0) is 9.84. The van der Waals surface area contributed by atoms with Crippen molar-refractivity contribution < 1.29 is 19.1 Å². The van der Waals surface area contributed by atoms with Crippen LogP contribution in [0.2, 0.25) is 0 Å². The van der Waals surface area contributed by atoms with Crippen LogP contribution in [0.1, 0.15) is 6.42 Å². The fourth-order valence-corrected chi connectivity index (χ4v) is 1.04. The van der Waals surface area contributed by atoms with Crippen molar-refractivity contribution in [1.29, 1.82) is 0 Å². The van der Waals surface area contributed by atoms with Gasteiger partial charge in [-0.25, -0.2) is 4.79 Å². The van der Waals surface area contributed by atoms with E-state index in [1.54, 1.807) is 0 Å². The Morgan fingerprint density at radius 1 is 1.62 bits per heavy atom. The van der Waals surface area contributed by atoms with Crippen molar-refractivity contribution in [3.63, 3.8) is 0 Å². The van der Waals surface area contributed by atoms with Crippen LogP contribution >= 0.6 is 0 Å². The monoisotopic (exact) mass is 186 g/mol. The molecule has 2 amide bonds. The summed E-state index contributed by atoms with van der Waals surface area (Å²) in [6.07, 6.45) is 0.211. The molecule has 1 aliphatic heterocycles. The van der Waals surface area contributed by atoms with E-state index >= 15 is 0 Å². The molecule has 0 aromatic heterocycles. The van der Waals surface area contributed by atoms with E-state index in [2.05, 4.69) is 15.4 Å². The number of methoxy groups -OCH3 is 1. The quantitative estimate of drug-likeness (QED) is 0.372. The largest absolute Gasteiger partial charge is 0.462 e. The van der Waals surface area contributed by atoms with Crippen LogP contribution < -0.4 is 10.6 Å². The molecule has 2 N–H and O–H groups in total. The number of amides is 2. The van der Waals surface area contributed by atoms with Gasteiger partial charge >= 0.3 is 11.9 Å². The van der Waals surface area contributed by atoms with Crippen LogP contribution in [0, 0.1) is 0 Å².